The standard InChI is InChI=1S/C12H17IN2/c13-6-7-14-8-10-15(11-9-14)12-4-2-1-3-5-12/h1-5H,6-11H2. The van der Waals surface area contributed by atoms with E-state index >= 15 is 0 Å². The Kier molecular flexibility index (Phi) is 4.26. The predicted octanol–water partition coefficient (Wildman–Crippen LogP) is 2.24. The largest absolute Gasteiger partial charge is 0.369 e. The van der Waals surface area contributed by atoms with Crippen molar-refractivity contribution in [3.05, 3.63) is 30.3 Å². The molecule has 0 atom stereocenters. The average Bonchev–Trinajstić information content (AvgIpc) is 2.32. The van der Waals surface area contributed by atoms with Crippen molar-refractivity contribution in [2.75, 3.05) is 42.1 Å². The minimum absolute atomic E-state index is 1.17. The van der Waals surface area contributed by atoms with Gasteiger partial charge in [-0.05, 0) is 12.1 Å². The molecule has 1 aliphatic heterocycles. The third-order valence-electron chi connectivity index (χ3n) is 2.89. The Balaban J connectivity index is 1.88. The van der Waals surface area contributed by atoms with E-state index in [4.69, 9.17) is 0 Å². The van der Waals surface area contributed by atoms with Crippen molar-refractivity contribution >= 4 is 28.3 Å². The fourth-order valence-electron chi connectivity index (χ4n) is 1.99. The van der Waals surface area contributed by atoms with Crippen LogP contribution in [0.15, 0.2) is 30.3 Å². The first-order chi connectivity index (χ1) is 7.40. The number of benzene rings is 1. The summed E-state index contributed by atoms with van der Waals surface area (Å²) < 4.78 is 1.24. The van der Waals surface area contributed by atoms with Crippen molar-refractivity contribution in [2.24, 2.45) is 0 Å². The topological polar surface area (TPSA) is 6.48 Å². The van der Waals surface area contributed by atoms with E-state index in [2.05, 4.69) is 62.7 Å². The first-order valence-electron chi connectivity index (χ1n) is 5.48. The number of alkyl halides is 1. The Morgan fingerprint density at radius 2 is 1.67 bits per heavy atom. The van der Waals surface area contributed by atoms with Gasteiger partial charge in [-0.1, -0.05) is 40.8 Å². The Morgan fingerprint density at radius 3 is 2.27 bits per heavy atom. The van der Waals surface area contributed by atoms with Crippen molar-refractivity contribution in [2.45, 2.75) is 0 Å². The summed E-state index contributed by atoms with van der Waals surface area (Å²) in [5.74, 6) is 0. The maximum Gasteiger partial charge on any atom is 0.0367 e. The molecule has 2 nitrogen and oxygen atoms in total. The Bertz CT molecular complexity index is 281. The van der Waals surface area contributed by atoms with Crippen LogP contribution in [0.25, 0.3) is 0 Å². The second-order valence-electron chi connectivity index (χ2n) is 3.85. The molecule has 1 aromatic rings. The number of halogens is 1. The second-order valence-corrected chi connectivity index (χ2v) is 4.93. The van der Waals surface area contributed by atoms with E-state index in [1.165, 1.54) is 42.8 Å². The molecule has 0 bridgehead atoms. The molecule has 2 rings (SSSR count). The highest BCUT2D eigenvalue weighted by molar-refractivity contribution is 14.1. The van der Waals surface area contributed by atoms with Crippen molar-refractivity contribution in [1.29, 1.82) is 0 Å². The van der Waals surface area contributed by atoms with Crippen molar-refractivity contribution < 1.29 is 0 Å². The SMILES string of the molecule is ICCN1CCN(c2ccccc2)CC1. The third kappa shape index (κ3) is 3.08. The van der Waals surface area contributed by atoms with Crippen molar-refractivity contribution in [3.63, 3.8) is 0 Å². The van der Waals surface area contributed by atoms with Gasteiger partial charge in [0.25, 0.3) is 0 Å². The molecule has 0 aliphatic carbocycles. The zero-order chi connectivity index (χ0) is 10.5. The summed E-state index contributed by atoms with van der Waals surface area (Å²) in [5.41, 5.74) is 1.37. The van der Waals surface area contributed by atoms with Gasteiger partial charge in [-0.25, -0.2) is 0 Å². The number of nitrogens with zero attached hydrogens (tertiary/aromatic N) is 2. The van der Waals surface area contributed by atoms with Crippen LogP contribution in [0.5, 0.6) is 0 Å². The molecule has 0 aromatic heterocycles. The van der Waals surface area contributed by atoms with Crippen LogP contribution in [0.2, 0.25) is 0 Å². The number of piperazine rings is 1. The quantitative estimate of drug-likeness (QED) is 0.623. The molecule has 0 radical (unpaired) electrons. The van der Waals surface area contributed by atoms with Gasteiger partial charge < -0.3 is 4.90 Å². The van der Waals surface area contributed by atoms with Crippen LogP contribution >= 0.6 is 22.6 Å². The third-order valence-corrected chi connectivity index (χ3v) is 3.38. The van der Waals surface area contributed by atoms with Gasteiger partial charge in [0.1, 0.15) is 0 Å². The summed E-state index contributed by atoms with van der Waals surface area (Å²) in [5, 5.41) is 0. The molecule has 1 fully saturated rings. The first kappa shape index (κ1) is 11.2. The Hall–Kier alpha value is -0.290. The number of para-hydroxylation sites is 1. The summed E-state index contributed by atoms with van der Waals surface area (Å²) in [6.45, 7) is 5.99. The molecule has 1 aliphatic rings. The summed E-state index contributed by atoms with van der Waals surface area (Å²) in [7, 11) is 0. The van der Waals surface area contributed by atoms with E-state index in [0.717, 1.165) is 0 Å². The van der Waals surface area contributed by atoms with Crippen LogP contribution in [-0.4, -0.2) is 42.1 Å². The molecule has 0 spiro atoms. The smallest absolute Gasteiger partial charge is 0.0367 e. The monoisotopic (exact) mass is 316 g/mol. The van der Waals surface area contributed by atoms with Crippen LogP contribution < -0.4 is 4.90 Å². The van der Waals surface area contributed by atoms with Crippen LogP contribution in [0.4, 0.5) is 5.69 Å². The molecule has 1 aromatic carbocycles. The zero-order valence-electron chi connectivity index (χ0n) is 8.90. The molecular weight excluding hydrogens is 299 g/mol. The molecular formula is C12H17IN2. The highest BCUT2D eigenvalue weighted by atomic mass is 127. The van der Waals surface area contributed by atoms with Gasteiger partial charge in [-0.15, -0.1) is 0 Å². The second kappa shape index (κ2) is 5.70. The number of rotatable bonds is 3. The van der Waals surface area contributed by atoms with Gasteiger partial charge in [0.15, 0.2) is 0 Å². The Morgan fingerprint density at radius 1 is 1.00 bits per heavy atom. The lowest BCUT2D eigenvalue weighted by Crippen LogP contribution is -2.46. The summed E-state index contributed by atoms with van der Waals surface area (Å²) >= 11 is 2.45. The molecule has 1 saturated heterocycles. The number of hydrogen-bond acceptors (Lipinski definition) is 2. The number of hydrogen-bond donors (Lipinski definition) is 0. The minimum atomic E-state index is 1.17. The van der Waals surface area contributed by atoms with E-state index in [1.807, 2.05) is 0 Å². The van der Waals surface area contributed by atoms with Crippen LogP contribution in [-0.2, 0) is 0 Å². The molecule has 1 heterocycles. The zero-order valence-corrected chi connectivity index (χ0v) is 11.1. The van der Waals surface area contributed by atoms with E-state index in [9.17, 15) is 0 Å². The van der Waals surface area contributed by atoms with E-state index in [1.54, 1.807) is 0 Å². The molecule has 0 unspecified atom stereocenters. The predicted molar refractivity (Wildman–Crippen MR) is 74.0 cm³/mol. The molecule has 0 saturated carbocycles. The summed E-state index contributed by atoms with van der Waals surface area (Å²) in [4.78, 5) is 5.02. The van der Waals surface area contributed by atoms with Gasteiger partial charge in [-0.3, -0.25) is 4.90 Å². The van der Waals surface area contributed by atoms with Gasteiger partial charge >= 0.3 is 0 Å². The molecule has 82 valence electrons. The highest BCUT2D eigenvalue weighted by Gasteiger charge is 2.15. The normalized spacial score (nSPS) is 18.1. The van der Waals surface area contributed by atoms with Gasteiger partial charge in [0, 0.05) is 42.8 Å². The van der Waals surface area contributed by atoms with Crippen molar-refractivity contribution in [3.8, 4) is 0 Å². The lowest BCUT2D eigenvalue weighted by atomic mass is 10.2. The van der Waals surface area contributed by atoms with Crippen LogP contribution in [0, 0.1) is 0 Å². The van der Waals surface area contributed by atoms with Gasteiger partial charge in [-0.2, -0.15) is 0 Å². The van der Waals surface area contributed by atoms with Gasteiger partial charge in [0.05, 0.1) is 0 Å². The summed E-state index contributed by atoms with van der Waals surface area (Å²) in [6.07, 6.45) is 0. The molecule has 15 heavy (non-hydrogen) atoms. The first-order valence-corrected chi connectivity index (χ1v) is 7.01. The van der Waals surface area contributed by atoms with Gasteiger partial charge in [0.2, 0.25) is 0 Å². The van der Waals surface area contributed by atoms with Crippen molar-refractivity contribution in [1.82, 2.24) is 4.90 Å². The lowest BCUT2D eigenvalue weighted by molar-refractivity contribution is 0.275. The van der Waals surface area contributed by atoms with Crippen LogP contribution in [0.3, 0.4) is 0 Å². The molecule has 0 N–H and O–H groups in total. The lowest BCUT2D eigenvalue weighted by Gasteiger charge is -2.35. The molecule has 3 heteroatoms. The van der Waals surface area contributed by atoms with E-state index in [0.29, 0.717) is 0 Å². The fraction of sp³-hybridized carbons (Fsp3) is 0.500. The maximum absolute atomic E-state index is 2.55. The summed E-state index contributed by atoms with van der Waals surface area (Å²) in [6, 6.07) is 10.7. The number of anilines is 1. The maximum atomic E-state index is 2.55. The van der Waals surface area contributed by atoms with Crippen LogP contribution in [0.1, 0.15) is 0 Å². The van der Waals surface area contributed by atoms with E-state index < -0.39 is 0 Å². The Labute approximate surface area is 105 Å². The fourth-order valence-corrected chi connectivity index (χ4v) is 2.67. The minimum Gasteiger partial charge on any atom is -0.369 e. The average molecular weight is 316 g/mol. The van der Waals surface area contributed by atoms with E-state index in [-0.39, 0.29) is 0 Å². The molecule has 0 amide bonds. The highest BCUT2D eigenvalue weighted by Crippen LogP contribution is 2.15.